The fraction of sp³-hybridized carbons (Fsp3) is 0.222. The summed E-state index contributed by atoms with van der Waals surface area (Å²) in [6.45, 7) is 1.83. The van der Waals surface area contributed by atoms with Crippen molar-refractivity contribution in [1.29, 1.82) is 0 Å². The zero-order valence-electron chi connectivity index (χ0n) is 8.01. The van der Waals surface area contributed by atoms with Crippen molar-refractivity contribution in [2.75, 3.05) is 0 Å². The molecule has 0 spiro atoms. The third-order valence-electron chi connectivity index (χ3n) is 2.05. The molecule has 0 aliphatic carbocycles. The van der Waals surface area contributed by atoms with Gasteiger partial charge in [-0.1, -0.05) is 0 Å². The van der Waals surface area contributed by atoms with Gasteiger partial charge in [-0.05, 0) is 6.92 Å². The molecule has 0 fully saturated rings. The van der Waals surface area contributed by atoms with Gasteiger partial charge in [-0.15, -0.1) is 0 Å². The van der Waals surface area contributed by atoms with Crippen LogP contribution in [0.15, 0.2) is 29.6 Å². The van der Waals surface area contributed by atoms with E-state index in [0.717, 1.165) is 5.82 Å². The number of hydrogen-bond donors (Lipinski definition) is 0. The van der Waals surface area contributed by atoms with Crippen LogP contribution < -0.4 is 5.56 Å². The molecular weight excluding hydrogens is 180 g/mol. The molecule has 0 bridgehead atoms. The van der Waals surface area contributed by atoms with Crippen LogP contribution in [0.3, 0.4) is 0 Å². The molecule has 0 atom stereocenters. The summed E-state index contributed by atoms with van der Waals surface area (Å²) in [5, 5.41) is 0. The van der Waals surface area contributed by atoms with Gasteiger partial charge in [0.05, 0.1) is 0 Å². The van der Waals surface area contributed by atoms with E-state index in [4.69, 9.17) is 0 Å². The molecule has 5 nitrogen and oxygen atoms in total. The average Bonchev–Trinajstić information content (AvgIpc) is 2.57. The Hall–Kier alpha value is -1.91. The summed E-state index contributed by atoms with van der Waals surface area (Å²) in [4.78, 5) is 19.7. The van der Waals surface area contributed by atoms with Crippen LogP contribution in [0.25, 0.3) is 5.82 Å². The van der Waals surface area contributed by atoms with Crippen LogP contribution in [0.1, 0.15) is 5.82 Å². The summed E-state index contributed by atoms with van der Waals surface area (Å²) < 4.78 is 3.16. The Morgan fingerprint density at radius 2 is 1.93 bits per heavy atom. The fourth-order valence-electron chi connectivity index (χ4n) is 1.25. The van der Waals surface area contributed by atoms with Crippen molar-refractivity contribution in [1.82, 2.24) is 19.1 Å². The van der Waals surface area contributed by atoms with Crippen LogP contribution in [0.5, 0.6) is 0 Å². The van der Waals surface area contributed by atoms with Crippen LogP contribution in [-0.4, -0.2) is 19.1 Å². The molecule has 14 heavy (non-hydrogen) atoms. The molecule has 0 radical (unpaired) electrons. The third kappa shape index (κ3) is 1.22. The van der Waals surface area contributed by atoms with E-state index in [0.29, 0.717) is 5.82 Å². The van der Waals surface area contributed by atoms with E-state index < -0.39 is 0 Å². The molecule has 0 aliphatic heterocycles. The minimum Gasteiger partial charge on any atom is -0.314 e. The van der Waals surface area contributed by atoms with Gasteiger partial charge in [-0.25, -0.2) is 9.97 Å². The Morgan fingerprint density at radius 3 is 2.57 bits per heavy atom. The van der Waals surface area contributed by atoms with E-state index in [2.05, 4.69) is 9.97 Å². The average molecular weight is 190 g/mol. The Kier molecular flexibility index (Phi) is 1.92. The Morgan fingerprint density at radius 1 is 1.21 bits per heavy atom. The lowest BCUT2D eigenvalue weighted by Crippen LogP contribution is -2.23. The number of hydrogen-bond acceptors (Lipinski definition) is 3. The number of aromatic nitrogens is 4. The second-order valence-electron chi connectivity index (χ2n) is 3.01. The molecule has 5 heteroatoms. The van der Waals surface area contributed by atoms with Gasteiger partial charge in [0.1, 0.15) is 5.82 Å². The highest BCUT2D eigenvalue weighted by Crippen LogP contribution is 2.00. The zero-order chi connectivity index (χ0) is 10.1. The number of rotatable bonds is 1. The molecule has 0 amide bonds. The van der Waals surface area contributed by atoms with Crippen molar-refractivity contribution in [2.45, 2.75) is 6.92 Å². The number of imidazole rings is 1. The molecule has 2 aromatic heterocycles. The number of nitrogens with zero attached hydrogens (tertiary/aromatic N) is 4. The minimum absolute atomic E-state index is 0.131. The summed E-state index contributed by atoms with van der Waals surface area (Å²) in [6.07, 6.45) is 6.58. The molecule has 0 saturated heterocycles. The Labute approximate surface area is 80.7 Å². The van der Waals surface area contributed by atoms with Gasteiger partial charge in [0.25, 0.3) is 5.56 Å². The summed E-state index contributed by atoms with van der Waals surface area (Å²) >= 11 is 0. The van der Waals surface area contributed by atoms with Crippen LogP contribution in [0.2, 0.25) is 0 Å². The first-order valence-corrected chi connectivity index (χ1v) is 4.22. The lowest BCUT2D eigenvalue weighted by Gasteiger charge is -2.03. The molecule has 0 saturated carbocycles. The van der Waals surface area contributed by atoms with Crippen molar-refractivity contribution in [3.05, 3.63) is 41.0 Å². The SMILES string of the molecule is Cc1nccn1-c1nccn(C)c1=O. The van der Waals surface area contributed by atoms with Crippen LogP contribution in [-0.2, 0) is 7.05 Å². The third-order valence-corrected chi connectivity index (χ3v) is 2.05. The highest BCUT2D eigenvalue weighted by Gasteiger charge is 2.06. The maximum Gasteiger partial charge on any atom is 0.293 e. The van der Waals surface area contributed by atoms with Crippen molar-refractivity contribution < 1.29 is 0 Å². The lowest BCUT2D eigenvalue weighted by atomic mass is 10.5. The quantitative estimate of drug-likeness (QED) is 0.648. The van der Waals surface area contributed by atoms with E-state index in [1.165, 1.54) is 4.57 Å². The van der Waals surface area contributed by atoms with E-state index in [9.17, 15) is 4.79 Å². The molecular formula is C9H10N4O. The molecule has 72 valence electrons. The predicted molar refractivity (Wildman–Crippen MR) is 51.3 cm³/mol. The van der Waals surface area contributed by atoms with Crippen LogP contribution >= 0.6 is 0 Å². The molecule has 2 rings (SSSR count). The second kappa shape index (κ2) is 3.10. The summed E-state index contributed by atoms with van der Waals surface area (Å²) in [5.41, 5.74) is -0.131. The first kappa shape index (κ1) is 8.68. The molecule has 0 unspecified atom stereocenters. The number of aryl methyl sites for hydroxylation is 2. The highest BCUT2D eigenvalue weighted by atomic mass is 16.1. The van der Waals surface area contributed by atoms with Gasteiger partial charge in [0.15, 0.2) is 0 Å². The van der Waals surface area contributed by atoms with E-state index in [-0.39, 0.29) is 5.56 Å². The van der Waals surface area contributed by atoms with Crippen molar-refractivity contribution in [2.24, 2.45) is 7.05 Å². The predicted octanol–water partition coefficient (Wildman–Crippen LogP) is 0.274. The van der Waals surface area contributed by atoms with Crippen molar-refractivity contribution in [3.8, 4) is 5.82 Å². The summed E-state index contributed by atoms with van der Waals surface area (Å²) in [5.74, 6) is 1.13. The van der Waals surface area contributed by atoms with Crippen molar-refractivity contribution >= 4 is 0 Å². The van der Waals surface area contributed by atoms with Gasteiger partial charge in [0, 0.05) is 31.8 Å². The van der Waals surface area contributed by atoms with Crippen LogP contribution in [0.4, 0.5) is 0 Å². The first-order chi connectivity index (χ1) is 6.70. The maximum absolute atomic E-state index is 11.7. The Balaban J connectivity index is 2.70. The molecule has 2 heterocycles. The maximum atomic E-state index is 11.7. The monoisotopic (exact) mass is 190 g/mol. The van der Waals surface area contributed by atoms with Crippen molar-refractivity contribution in [3.63, 3.8) is 0 Å². The van der Waals surface area contributed by atoms with Gasteiger partial charge in [-0.3, -0.25) is 9.36 Å². The molecule has 2 aromatic rings. The van der Waals surface area contributed by atoms with E-state index in [1.54, 1.807) is 36.4 Å². The normalized spacial score (nSPS) is 10.4. The second-order valence-corrected chi connectivity index (χ2v) is 3.01. The molecule has 0 aromatic carbocycles. The van der Waals surface area contributed by atoms with Crippen LogP contribution in [0, 0.1) is 6.92 Å². The van der Waals surface area contributed by atoms with E-state index in [1.807, 2.05) is 6.92 Å². The molecule has 0 aliphatic rings. The van der Waals surface area contributed by atoms with Gasteiger partial charge in [0.2, 0.25) is 5.82 Å². The topological polar surface area (TPSA) is 52.7 Å². The van der Waals surface area contributed by atoms with Gasteiger partial charge < -0.3 is 4.57 Å². The van der Waals surface area contributed by atoms with Gasteiger partial charge in [-0.2, -0.15) is 0 Å². The standard InChI is InChI=1S/C9H10N4O/c1-7-10-4-6-13(7)8-9(14)12(2)5-3-11-8/h3-6H,1-2H3. The molecule has 0 N–H and O–H groups in total. The minimum atomic E-state index is -0.131. The first-order valence-electron chi connectivity index (χ1n) is 4.22. The lowest BCUT2D eigenvalue weighted by molar-refractivity contribution is 0.798. The summed E-state index contributed by atoms with van der Waals surface area (Å²) in [7, 11) is 1.69. The summed E-state index contributed by atoms with van der Waals surface area (Å²) in [6, 6.07) is 0. The zero-order valence-corrected chi connectivity index (χ0v) is 8.01. The van der Waals surface area contributed by atoms with Gasteiger partial charge >= 0.3 is 0 Å². The largest absolute Gasteiger partial charge is 0.314 e. The van der Waals surface area contributed by atoms with E-state index >= 15 is 0 Å². The highest BCUT2D eigenvalue weighted by molar-refractivity contribution is 5.20. The Bertz CT molecular complexity index is 512. The fourth-order valence-corrected chi connectivity index (χ4v) is 1.25. The smallest absolute Gasteiger partial charge is 0.293 e.